The third-order valence-corrected chi connectivity index (χ3v) is 5.13. The Bertz CT molecular complexity index is 899. The second-order valence-corrected chi connectivity index (χ2v) is 7.66. The number of nitrogens with one attached hydrogen (secondary N) is 1. The number of hydrogen-bond acceptors (Lipinski definition) is 4. The molecule has 0 aromatic heterocycles. The molecule has 5 nitrogen and oxygen atoms in total. The largest absolute Gasteiger partial charge is 0.461 e. The summed E-state index contributed by atoms with van der Waals surface area (Å²) in [5.74, 6) is -0.744. The lowest BCUT2D eigenvalue weighted by molar-refractivity contribution is -0.144. The van der Waals surface area contributed by atoms with Gasteiger partial charge < -0.3 is 4.74 Å². The second kappa shape index (κ2) is 8.73. The Balaban J connectivity index is 1.82. The van der Waals surface area contributed by atoms with Crippen molar-refractivity contribution in [3.05, 3.63) is 64.7 Å². The predicted octanol–water partition coefficient (Wildman–Crippen LogP) is 3.77. The van der Waals surface area contributed by atoms with E-state index in [0.717, 1.165) is 12.1 Å². The van der Waals surface area contributed by atoms with Crippen molar-refractivity contribution in [2.24, 2.45) is 0 Å². The molecular weight excluding hydrogens is 407 g/mol. The molecule has 0 radical (unpaired) electrons. The van der Waals surface area contributed by atoms with Crippen LogP contribution in [0.25, 0.3) is 0 Å². The molecule has 146 valence electrons. The lowest BCUT2D eigenvalue weighted by atomic mass is 10.1. The highest BCUT2D eigenvalue weighted by Crippen LogP contribution is 2.29. The molecule has 0 heterocycles. The van der Waals surface area contributed by atoms with Gasteiger partial charge in [0.25, 0.3) is 0 Å². The van der Waals surface area contributed by atoms with Gasteiger partial charge >= 0.3 is 12.1 Å². The molecule has 10 heteroatoms. The molecule has 0 saturated heterocycles. The predicted molar refractivity (Wildman–Crippen MR) is 92.5 cm³/mol. The molecule has 2 aromatic rings. The van der Waals surface area contributed by atoms with Crippen LogP contribution in [-0.2, 0) is 32.3 Å². The van der Waals surface area contributed by atoms with E-state index in [1.165, 1.54) is 36.4 Å². The molecule has 0 atom stereocenters. The van der Waals surface area contributed by atoms with Crippen molar-refractivity contribution < 1.29 is 31.1 Å². The maximum Gasteiger partial charge on any atom is 0.416 e. The van der Waals surface area contributed by atoms with Crippen LogP contribution < -0.4 is 4.72 Å². The minimum Gasteiger partial charge on any atom is -0.461 e. The van der Waals surface area contributed by atoms with Gasteiger partial charge in [0.05, 0.1) is 16.9 Å². The quantitative estimate of drug-likeness (QED) is 0.691. The van der Waals surface area contributed by atoms with Gasteiger partial charge in [-0.2, -0.15) is 13.2 Å². The van der Waals surface area contributed by atoms with E-state index in [4.69, 9.17) is 16.3 Å². The Morgan fingerprint density at radius 2 is 1.78 bits per heavy atom. The van der Waals surface area contributed by atoms with E-state index < -0.39 is 27.7 Å². The summed E-state index contributed by atoms with van der Waals surface area (Å²) in [4.78, 5) is 11.7. The molecule has 0 aliphatic carbocycles. The molecule has 0 unspecified atom stereocenters. The molecule has 0 saturated carbocycles. The molecule has 0 aliphatic rings. The van der Waals surface area contributed by atoms with Gasteiger partial charge in [-0.25, -0.2) is 13.1 Å². The number of halogens is 4. The SMILES string of the molecule is O=C(CCNS(=O)(=O)c1ccc(Cl)cc1)OCc1cccc(C(F)(F)F)c1. The Morgan fingerprint density at radius 1 is 1.11 bits per heavy atom. The van der Waals surface area contributed by atoms with Crippen LogP contribution in [0.4, 0.5) is 13.2 Å². The first-order chi connectivity index (χ1) is 12.6. The van der Waals surface area contributed by atoms with Gasteiger partial charge in [0.2, 0.25) is 10.0 Å². The number of hydrogen-bond donors (Lipinski definition) is 1. The third-order valence-electron chi connectivity index (χ3n) is 3.40. The van der Waals surface area contributed by atoms with Gasteiger partial charge in [0.1, 0.15) is 6.61 Å². The molecule has 0 aliphatic heterocycles. The molecule has 2 rings (SSSR count). The fourth-order valence-electron chi connectivity index (χ4n) is 2.06. The van der Waals surface area contributed by atoms with Crippen LogP contribution in [0, 0.1) is 0 Å². The zero-order chi connectivity index (χ0) is 20.1. The molecule has 0 spiro atoms. The van der Waals surface area contributed by atoms with Crippen molar-refractivity contribution >= 4 is 27.6 Å². The molecule has 0 amide bonds. The molecule has 2 aromatic carbocycles. The summed E-state index contributed by atoms with van der Waals surface area (Å²) in [5, 5.41) is 0.382. The summed E-state index contributed by atoms with van der Waals surface area (Å²) in [6.45, 7) is -0.556. The number of alkyl halides is 3. The van der Waals surface area contributed by atoms with Crippen LogP contribution in [-0.4, -0.2) is 20.9 Å². The van der Waals surface area contributed by atoms with Crippen LogP contribution >= 0.6 is 11.6 Å². The second-order valence-electron chi connectivity index (χ2n) is 5.46. The number of ether oxygens (including phenoxy) is 1. The normalized spacial score (nSPS) is 12.0. The Morgan fingerprint density at radius 3 is 2.41 bits per heavy atom. The van der Waals surface area contributed by atoms with Crippen LogP contribution in [0.5, 0.6) is 0 Å². The fraction of sp³-hybridized carbons (Fsp3) is 0.235. The maximum absolute atomic E-state index is 12.6. The first-order valence-electron chi connectivity index (χ1n) is 7.65. The van der Waals surface area contributed by atoms with Crippen LogP contribution in [0.2, 0.25) is 5.02 Å². The molecular formula is C17H15ClF3NO4S. The standard InChI is InChI=1S/C17H15ClF3NO4S/c18-14-4-6-15(7-5-14)27(24,25)22-9-8-16(23)26-11-12-2-1-3-13(10-12)17(19,20)21/h1-7,10,22H,8-9,11H2. The molecule has 1 N–H and O–H groups in total. The first kappa shape index (κ1) is 21.2. The number of esters is 1. The van der Waals surface area contributed by atoms with E-state index in [2.05, 4.69) is 4.72 Å². The Kier molecular flexibility index (Phi) is 6.85. The summed E-state index contributed by atoms with van der Waals surface area (Å²) in [5.41, 5.74) is -0.660. The van der Waals surface area contributed by atoms with Gasteiger partial charge in [0, 0.05) is 11.6 Å². The van der Waals surface area contributed by atoms with Crippen molar-refractivity contribution in [1.29, 1.82) is 0 Å². The number of carbonyl (C=O) groups is 1. The van der Waals surface area contributed by atoms with E-state index in [1.807, 2.05) is 0 Å². The highest BCUT2D eigenvalue weighted by molar-refractivity contribution is 7.89. The third kappa shape index (κ3) is 6.53. The summed E-state index contributed by atoms with van der Waals surface area (Å²) < 4.78 is 69.0. The average Bonchev–Trinajstić information content (AvgIpc) is 2.60. The fourth-order valence-corrected chi connectivity index (χ4v) is 3.22. The zero-order valence-corrected chi connectivity index (χ0v) is 15.4. The van der Waals surface area contributed by atoms with Crippen LogP contribution in [0.3, 0.4) is 0 Å². The van der Waals surface area contributed by atoms with Crippen LogP contribution in [0.15, 0.2) is 53.4 Å². The maximum atomic E-state index is 12.6. The minimum absolute atomic E-state index is 0.00997. The average molecular weight is 422 g/mol. The smallest absolute Gasteiger partial charge is 0.416 e. The Labute approximate surface area is 159 Å². The number of rotatable bonds is 7. The summed E-state index contributed by atoms with van der Waals surface area (Å²) >= 11 is 5.69. The van der Waals surface area contributed by atoms with Crippen molar-refractivity contribution in [2.45, 2.75) is 24.1 Å². The molecule has 0 fully saturated rings. The van der Waals surface area contributed by atoms with E-state index in [9.17, 15) is 26.4 Å². The number of benzene rings is 2. The molecule has 27 heavy (non-hydrogen) atoms. The summed E-state index contributed by atoms with van der Waals surface area (Å²) in [6, 6.07) is 9.87. The van der Waals surface area contributed by atoms with Crippen molar-refractivity contribution in [1.82, 2.24) is 4.72 Å². The summed E-state index contributed by atoms with van der Waals surface area (Å²) in [6.07, 6.45) is -4.76. The molecule has 0 bridgehead atoms. The van der Waals surface area contributed by atoms with Crippen molar-refractivity contribution in [3.8, 4) is 0 Å². The van der Waals surface area contributed by atoms with E-state index in [1.54, 1.807) is 0 Å². The lowest BCUT2D eigenvalue weighted by Crippen LogP contribution is -2.26. The van der Waals surface area contributed by atoms with Crippen molar-refractivity contribution in [3.63, 3.8) is 0 Å². The van der Waals surface area contributed by atoms with Crippen LogP contribution in [0.1, 0.15) is 17.5 Å². The van der Waals surface area contributed by atoms with Gasteiger partial charge in [-0.15, -0.1) is 0 Å². The van der Waals surface area contributed by atoms with Crippen molar-refractivity contribution in [2.75, 3.05) is 6.54 Å². The zero-order valence-electron chi connectivity index (χ0n) is 13.8. The van der Waals surface area contributed by atoms with E-state index >= 15 is 0 Å². The van der Waals surface area contributed by atoms with E-state index in [0.29, 0.717) is 5.02 Å². The van der Waals surface area contributed by atoms with Gasteiger partial charge in [-0.3, -0.25) is 4.79 Å². The highest BCUT2D eigenvalue weighted by atomic mass is 35.5. The number of carbonyl (C=O) groups excluding carboxylic acids is 1. The lowest BCUT2D eigenvalue weighted by Gasteiger charge is -2.10. The summed E-state index contributed by atoms with van der Waals surface area (Å²) in [7, 11) is -3.80. The van der Waals surface area contributed by atoms with Gasteiger partial charge in [-0.05, 0) is 42.0 Å². The minimum atomic E-state index is -4.49. The Hall–Kier alpha value is -2.10. The highest BCUT2D eigenvalue weighted by Gasteiger charge is 2.30. The topological polar surface area (TPSA) is 72.5 Å². The number of sulfonamides is 1. The monoisotopic (exact) mass is 421 g/mol. The van der Waals surface area contributed by atoms with Gasteiger partial charge in [0.15, 0.2) is 0 Å². The first-order valence-corrected chi connectivity index (χ1v) is 9.51. The van der Waals surface area contributed by atoms with Gasteiger partial charge in [-0.1, -0.05) is 23.7 Å². The van der Waals surface area contributed by atoms with E-state index in [-0.39, 0.29) is 30.0 Å².